The summed E-state index contributed by atoms with van der Waals surface area (Å²) in [5.74, 6) is -1.37. The Hall–Kier alpha value is -3.16. The van der Waals surface area contributed by atoms with Crippen molar-refractivity contribution in [2.75, 3.05) is 6.61 Å². The summed E-state index contributed by atoms with van der Waals surface area (Å²) in [7, 11) is 0. The van der Waals surface area contributed by atoms with Crippen molar-refractivity contribution in [1.29, 1.82) is 0 Å². The SMILES string of the molecule is Cc1cc(C(=O)c2c(O)[nH]c3cc(Cl)c(-c4ccc(C5(CO)CC5)cc4F)cc23)on1. The highest BCUT2D eigenvalue weighted by atomic mass is 35.5. The number of nitrogens with zero attached hydrogens (tertiary/aromatic N) is 1. The fourth-order valence-corrected chi connectivity index (χ4v) is 4.25. The molecule has 0 unspecified atom stereocenters. The Bertz CT molecular complexity index is 1350. The quantitative estimate of drug-likeness (QED) is 0.384. The van der Waals surface area contributed by atoms with Gasteiger partial charge in [-0.05, 0) is 43.5 Å². The summed E-state index contributed by atoms with van der Waals surface area (Å²) in [6.07, 6.45) is 1.65. The molecule has 1 fully saturated rings. The van der Waals surface area contributed by atoms with Crippen molar-refractivity contribution in [2.45, 2.75) is 25.2 Å². The molecule has 0 amide bonds. The van der Waals surface area contributed by atoms with E-state index in [2.05, 4.69) is 10.1 Å². The zero-order valence-electron chi connectivity index (χ0n) is 16.5. The van der Waals surface area contributed by atoms with Crippen LogP contribution in [0.1, 0.15) is 40.2 Å². The number of nitrogens with one attached hydrogen (secondary N) is 1. The minimum absolute atomic E-state index is 0.00157. The minimum Gasteiger partial charge on any atom is -0.494 e. The van der Waals surface area contributed by atoms with E-state index in [9.17, 15) is 15.0 Å². The summed E-state index contributed by atoms with van der Waals surface area (Å²) in [6, 6.07) is 9.43. The Morgan fingerprint density at radius 3 is 2.65 bits per heavy atom. The molecule has 2 aromatic heterocycles. The van der Waals surface area contributed by atoms with Crippen LogP contribution in [-0.4, -0.2) is 32.7 Å². The second-order valence-corrected chi connectivity index (χ2v) is 8.43. The molecule has 5 rings (SSSR count). The number of aliphatic hydroxyl groups excluding tert-OH is 1. The highest BCUT2D eigenvalue weighted by Gasteiger charge is 2.44. The number of aromatic amines is 1. The van der Waals surface area contributed by atoms with Crippen LogP contribution in [0.4, 0.5) is 4.39 Å². The highest BCUT2D eigenvalue weighted by Crippen LogP contribution is 2.48. The Balaban J connectivity index is 1.64. The van der Waals surface area contributed by atoms with Gasteiger partial charge in [0.05, 0.1) is 28.4 Å². The van der Waals surface area contributed by atoms with Crippen LogP contribution in [0.25, 0.3) is 22.0 Å². The number of halogens is 2. The average molecular weight is 441 g/mol. The first kappa shape index (κ1) is 19.8. The number of aromatic nitrogens is 2. The molecule has 0 spiro atoms. The number of carbonyl (C=O) groups excluding carboxylic acids is 1. The standard InChI is InChI=1S/C23H18ClFN2O4/c1-11-6-19(31-27-11)21(29)20-15-8-14(16(24)9-18(15)26-22(20)30)13-3-2-12(7-17(13)25)23(10-28)4-5-23/h2-3,6-9,26,28,30H,4-5,10H2,1H3. The van der Waals surface area contributed by atoms with E-state index in [1.165, 1.54) is 18.2 Å². The van der Waals surface area contributed by atoms with E-state index in [-0.39, 0.29) is 39.8 Å². The summed E-state index contributed by atoms with van der Waals surface area (Å²) in [6.45, 7) is 1.66. The number of aromatic hydroxyl groups is 1. The zero-order chi connectivity index (χ0) is 21.9. The fraction of sp³-hybridized carbons (Fsp3) is 0.217. The van der Waals surface area contributed by atoms with Crippen LogP contribution in [0.2, 0.25) is 5.02 Å². The van der Waals surface area contributed by atoms with Gasteiger partial charge in [0.25, 0.3) is 0 Å². The normalized spacial score (nSPS) is 14.8. The first-order chi connectivity index (χ1) is 14.8. The van der Waals surface area contributed by atoms with Gasteiger partial charge in [0.2, 0.25) is 17.4 Å². The third-order valence-electron chi connectivity index (χ3n) is 5.97. The Morgan fingerprint density at radius 2 is 2.03 bits per heavy atom. The maximum Gasteiger partial charge on any atom is 0.237 e. The van der Waals surface area contributed by atoms with Gasteiger partial charge in [-0.1, -0.05) is 28.9 Å². The third kappa shape index (κ3) is 3.12. The summed E-state index contributed by atoms with van der Waals surface area (Å²) in [5.41, 5.74) is 2.01. The summed E-state index contributed by atoms with van der Waals surface area (Å²) in [5, 5.41) is 24.3. The van der Waals surface area contributed by atoms with Gasteiger partial charge in [0, 0.05) is 28.0 Å². The lowest BCUT2D eigenvalue weighted by atomic mass is 9.93. The van der Waals surface area contributed by atoms with Gasteiger partial charge >= 0.3 is 0 Å². The number of hydrogen-bond donors (Lipinski definition) is 3. The molecule has 0 radical (unpaired) electrons. The number of hydrogen-bond acceptors (Lipinski definition) is 5. The maximum absolute atomic E-state index is 15.1. The first-order valence-electron chi connectivity index (χ1n) is 9.76. The maximum atomic E-state index is 15.1. The average Bonchev–Trinajstić information content (AvgIpc) is 3.32. The van der Waals surface area contributed by atoms with Crippen LogP contribution in [0, 0.1) is 12.7 Å². The van der Waals surface area contributed by atoms with Gasteiger partial charge in [0.15, 0.2) is 0 Å². The lowest BCUT2D eigenvalue weighted by Crippen LogP contribution is -2.12. The molecule has 0 bridgehead atoms. The molecule has 0 atom stereocenters. The van der Waals surface area contributed by atoms with Gasteiger partial charge in [-0.15, -0.1) is 0 Å². The predicted molar refractivity (Wildman–Crippen MR) is 113 cm³/mol. The highest BCUT2D eigenvalue weighted by molar-refractivity contribution is 6.34. The second-order valence-electron chi connectivity index (χ2n) is 8.02. The van der Waals surface area contributed by atoms with Crippen LogP contribution < -0.4 is 0 Å². The van der Waals surface area contributed by atoms with Gasteiger partial charge in [-0.2, -0.15) is 0 Å². The van der Waals surface area contributed by atoms with Crippen molar-refractivity contribution in [2.24, 2.45) is 0 Å². The molecule has 2 aromatic carbocycles. The second kappa shape index (κ2) is 6.93. The summed E-state index contributed by atoms with van der Waals surface area (Å²) >= 11 is 6.42. The number of H-pyrrole nitrogens is 1. The molecule has 0 aliphatic heterocycles. The van der Waals surface area contributed by atoms with Crippen molar-refractivity contribution in [3.63, 3.8) is 0 Å². The first-order valence-corrected chi connectivity index (χ1v) is 10.1. The zero-order valence-corrected chi connectivity index (χ0v) is 17.3. The van der Waals surface area contributed by atoms with Crippen LogP contribution in [-0.2, 0) is 5.41 Å². The molecule has 1 saturated carbocycles. The van der Waals surface area contributed by atoms with E-state index in [4.69, 9.17) is 16.1 Å². The van der Waals surface area contributed by atoms with Crippen LogP contribution in [0.5, 0.6) is 5.88 Å². The number of fused-ring (bicyclic) bond motifs is 1. The molecule has 158 valence electrons. The molecule has 1 aliphatic rings. The molecule has 6 nitrogen and oxygen atoms in total. The van der Waals surface area contributed by atoms with E-state index < -0.39 is 11.6 Å². The van der Waals surface area contributed by atoms with E-state index >= 15 is 4.39 Å². The van der Waals surface area contributed by atoms with Crippen molar-refractivity contribution < 1.29 is 23.9 Å². The molecule has 8 heteroatoms. The van der Waals surface area contributed by atoms with Crippen molar-refractivity contribution in [3.8, 4) is 17.0 Å². The van der Waals surface area contributed by atoms with Gasteiger partial charge in [0.1, 0.15) is 5.82 Å². The van der Waals surface area contributed by atoms with Gasteiger partial charge < -0.3 is 19.7 Å². The van der Waals surface area contributed by atoms with E-state index in [0.29, 0.717) is 22.2 Å². The number of carbonyl (C=O) groups is 1. The number of rotatable bonds is 5. The lowest BCUT2D eigenvalue weighted by Gasteiger charge is -2.14. The van der Waals surface area contributed by atoms with Crippen molar-refractivity contribution in [3.05, 3.63) is 69.8 Å². The molecule has 1 aliphatic carbocycles. The predicted octanol–water partition coefficient (Wildman–Crippen LogP) is 4.88. The lowest BCUT2D eigenvalue weighted by molar-refractivity contribution is 0.0999. The molecule has 3 N–H and O–H groups in total. The number of benzene rings is 2. The Morgan fingerprint density at radius 1 is 1.26 bits per heavy atom. The largest absolute Gasteiger partial charge is 0.494 e. The molecule has 0 saturated heterocycles. The number of aryl methyl sites for hydroxylation is 1. The minimum atomic E-state index is -0.549. The molecular weight excluding hydrogens is 423 g/mol. The van der Waals surface area contributed by atoms with Crippen LogP contribution in [0.15, 0.2) is 40.9 Å². The Kier molecular flexibility index (Phi) is 4.42. The van der Waals surface area contributed by atoms with Crippen molar-refractivity contribution >= 4 is 28.3 Å². The number of aliphatic hydroxyl groups is 1. The molecule has 31 heavy (non-hydrogen) atoms. The van der Waals surface area contributed by atoms with E-state index in [1.54, 1.807) is 25.1 Å². The molecule has 4 aromatic rings. The van der Waals surface area contributed by atoms with Crippen molar-refractivity contribution in [1.82, 2.24) is 10.1 Å². The molecule has 2 heterocycles. The smallest absolute Gasteiger partial charge is 0.237 e. The monoisotopic (exact) mass is 440 g/mol. The van der Waals surface area contributed by atoms with Gasteiger partial charge in [-0.3, -0.25) is 4.79 Å². The van der Waals surface area contributed by atoms with Crippen LogP contribution in [0.3, 0.4) is 0 Å². The van der Waals surface area contributed by atoms with E-state index in [0.717, 1.165) is 18.4 Å². The van der Waals surface area contributed by atoms with Crippen LogP contribution >= 0.6 is 11.6 Å². The third-order valence-corrected chi connectivity index (χ3v) is 6.29. The van der Waals surface area contributed by atoms with E-state index in [1.807, 2.05) is 0 Å². The fourth-order valence-electron chi connectivity index (χ4n) is 3.98. The summed E-state index contributed by atoms with van der Waals surface area (Å²) in [4.78, 5) is 15.6. The Labute approximate surface area is 181 Å². The van der Waals surface area contributed by atoms with Gasteiger partial charge in [-0.25, -0.2) is 4.39 Å². The molecular formula is C23H18ClFN2O4. The topological polar surface area (TPSA) is 99.3 Å². The summed E-state index contributed by atoms with van der Waals surface area (Å²) < 4.78 is 20.1. The number of ketones is 1.